The van der Waals surface area contributed by atoms with Crippen LogP contribution < -0.4 is 9.47 Å². The molecule has 1 heterocycles. The first kappa shape index (κ1) is 22.8. The number of likely N-dealkylation sites (N-methyl/N-ethyl adjacent to an activating group) is 1. The molecule has 0 spiro atoms. The van der Waals surface area contributed by atoms with E-state index in [2.05, 4.69) is 15.9 Å². The molecule has 0 aromatic heterocycles. The number of aliphatic hydroxyl groups excluding tert-OH is 1. The van der Waals surface area contributed by atoms with Gasteiger partial charge in [0.2, 0.25) is 0 Å². The highest BCUT2D eigenvalue weighted by molar-refractivity contribution is 9.10. The van der Waals surface area contributed by atoms with Gasteiger partial charge in [-0.25, -0.2) is 0 Å². The van der Waals surface area contributed by atoms with Gasteiger partial charge in [0.25, 0.3) is 11.7 Å². The Balaban J connectivity index is 2.23. The Kier molecular flexibility index (Phi) is 7.02. The first-order valence-corrected chi connectivity index (χ1v) is 10.5. The molecular formula is C23H25BrN2O5. The maximum absolute atomic E-state index is 13.1. The fourth-order valence-corrected chi connectivity index (χ4v) is 3.90. The van der Waals surface area contributed by atoms with Gasteiger partial charge in [-0.2, -0.15) is 0 Å². The van der Waals surface area contributed by atoms with E-state index in [1.54, 1.807) is 42.5 Å². The minimum absolute atomic E-state index is 0.0256. The summed E-state index contributed by atoms with van der Waals surface area (Å²) in [6.07, 6.45) is 0. The molecule has 0 saturated carbocycles. The van der Waals surface area contributed by atoms with Crippen LogP contribution in [0, 0.1) is 0 Å². The highest BCUT2D eigenvalue weighted by atomic mass is 79.9. The Morgan fingerprint density at radius 2 is 1.77 bits per heavy atom. The van der Waals surface area contributed by atoms with E-state index < -0.39 is 17.7 Å². The third kappa shape index (κ3) is 4.45. The third-order valence-electron chi connectivity index (χ3n) is 5.17. The number of para-hydroxylation sites is 1. The van der Waals surface area contributed by atoms with Crippen LogP contribution in [0.25, 0.3) is 5.76 Å². The van der Waals surface area contributed by atoms with E-state index in [0.29, 0.717) is 35.7 Å². The van der Waals surface area contributed by atoms with E-state index in [1.165, 1.54) is 19.1 Å². The second kappa shape index (κ2) is 9.53. The number of hydrogen-bond acceptors (Lipinski definition) is 6. The van der Waals surface area contributed by atoms with E-state index in [1.807, 2.05) is 19.0 Å². The highest BCUT2D eigenvalue weighted by Gasteiger charge is 2.47. The number of amides is 1. The Morgan fingerprint density at radius 1 is 1.10 bits per heavy atom. The molecule has 0 bridgehead atoms. The first-order chi connectivity index (χ1) is 14.8. The fourth-order valence-electron chi connectivity index (χ4n) is 3.63. The lowest BCUT2D eigenvalue weighted by Crippen LogP contribution is -2.35. The Morgan fingerprint density at radius 3 is 2.35 bits per heavy atom. The van der Waals surface area contributed by atoms with Gasteiger partial charge in [-0.15, -0.1) is 0 Å². The molecule has 2 aromatic rings. The molecule has 31 heavy (non-hydrogen) atoms. The lowest BCUT2D eigenvalue weighted by molar-refractivity contribution is -0.140. The van der Waals surface area contributed by atoms with Crippen LogP contribution in [0.1, 0.15) is 17.2 Å². The van der Waals surface area contributed by atoms with Crippen LogP contribution in [0.5, 0.6) is 11.5 Å². The molecule has 0 aliphatic carbocycles. The largest absolute Gasteiger partial charge is 0.507 e. The van der Waals surface area contributed by atoms with Crippen molar-refractivity contribution >= 4 is 33.4 Å². The van der Waals surface area contributed by atoms with Gasteiger partial charge >= 0.3 is 0 Å². The van der Waals surface area contributed by atoms with Crippen molar-refractivity contribution in [2.75, 3.05) is 41.4 Å². The van der Waals surface area contributed by atoms with Crippen molar-refractivity contribution in [3.05, 3.63) is 63.6 Å². The van der Waals surface area contributed by atoms with Gasteiger partial charge < -0.3 is 24.4 Å². The molecule has 1 atom stereocenters. The van der Waals surface area contributed by atoms with Gasteiger partial charge in [-0.1, -0.05) is 40.2 Å². The fraction of sp³-hybridized carbons (Fsp3) is 0.304. The van der Waals surface area contributed by atoms with Crippen molar-refractivity contribution in [2.24, 2.45) is 0 Å². The van der Waals surface area contributed by atoms with Crippen LogP contribution >= 0.6 is 15.9 Å². The Bertz CT molecular complexity index is 1020. The standard InChI is InChI=1S/C23H25BrN2O5/c1-25(2)12-13-26-19(16-6-5-7-17(30-3)22(16)31-4)18(21(28)23(26)29)20(27)14-8-10-15(24)11-9-14/h5-11,19,27H,12-13H2,1-4H3/b20-18-. The minimum atomic E-state index is -0.811. The van der Waals surface area contributed by atoms with Crippen molar-refractivity contribution in [1.29, 1.82) is 0 Å². The molecule has 8 heteroatoms. The molecular weight excluding hydrogens is 464 g/mol. The normalized spacial score (nSPS) is 18.0. The third-order valence-corrected chi connectivity index (χ3v) is 5.70. The molecule has 7 nitrogen and oxygen atoms in total. The molecule has 1 N–H and O–H groups in total. The average molecular weight is 489 g/mol. The maximum atomic E-state index is 13.1. The highest BCUT2D eigenvalue weighted by Crippen LogP contribution is 2.45. The van der Waals surface area contributed by atoms with Gasteiger partial charge in [0.15, 0.2) is 11.5 Å². The second-order valence-corrected chi connectivity index (χ2v) is 8.30. The van der Waals surface area contributed by atoms with Crippen LogP contribution in [0.2, 0.25) is 0 Å². The number of Topliss-reactive ketones (excluding diaryl/α,β-unsaturated/α-hetero) is 1. The number of likely N-dealkylation sites (tertiary alicyclic amines) is 1. The molecule has 1 aliphatic heterocycles. The van der Waals surface area contributed by atoms with E-state index in [4.69, 9.17) is 9.47 Å². The van der Waals surface area contributed by atoms with Crippen molar-refractivity contribution in [2.45, 2.75) is 6.04 Å². The number of nitrogens with zero attached hydrogens (tertiary/aromatic N) is 2. The van der Waals surface area contributed by atoms with Gasteiger partial charge in [-0.05, 0) is 32.3 Å². The summed E-state index contributed by atoms with van der Waals surface area (Å²) < 4.78 is 11.8. The number of hydrogen-bond donors (Lipinski definition) is 1. The lowest BCUT2D eigenvalue weighted by Gasteiger charge is -2.28. The molecule has 1 aliphatic rings. The summed E-state index contributed by atoms with van der Waals surface area (Å²) in [7, 11) is 6.80. The summed E-state index contributed by atoms with van der Waals surface area (Å²) >= 11 is 3.36. The second-order valence-electron chi connectivity index (χ2n) is 7.39. The first-order valence-electron chi connectivity index (χ1n) is 9.70. The van der Waals surface area contributed by atoms with Crippen molar-refractivity contribution in [1.82, 2.24) is 9.80 Å². The summed E-state index contributed by atoms with van der Waals surface area (Å²) in [6, 6.07) is 11.4. The average Bonchev–Trinajstić information content (AvgIpc) is 3.01. The number of ketones is 1. The summed E-state index contributed by atoms with van der Waals surface area (Å²) in [4.78, 5) is 29.5. The zero-order valence-corrected chi connectivity index (χ0v) is 19.5. The number of benzene rings is 2. The molecule has 1 amide bonds. The quantitative estimate of drug-likeness (QED) is 0.365. The van der Waals surface area contributed by atoms with Crippen LogP contribution in [0.15, 0.2) is 52.5 Å². The zero-order chi connectivity index (χ0) is 22.7. The summed E-state index contributed by atoms with van der Waals surface area (Å²) in [6.45, 7) is 0.855. The van der Waals surface area contributed by atoms with E-state index in [9.17, 15) is 14.7 Å². The predicted molar refractivity (Wildman–Crippen MR) is 121 cm³/mol. The molecule has 164 valence electrons. The number of aliphatic hydroxyl groups is 1. The minimum Gasteiger partial charge on any atom is -0.507 e. The number of halogens is 1. The smallest absolute Gasteiger partial charge is 0.295 e. The van der Waals surface area contributed by atoms with Gasteiger partial charge in [0.1, 0.15) is 5.76 Å². The van der Waals surface area contributed by atoms with Crippen LogP contribution in [0.3, 0.4) is 0 Å². The van der Waals surface area contributed by atoms with E-state index in [-0.39, 0.29) is 11.3 Å². The number of methoxy groups -OCH3 is 2. The number of carbonyl (C=O) groups is 2. The number of rotatable bonds is 7. The van der Waals surface area contributed by atoms with Gasteiger partial charge in [-0.3, -0.25) is 9.59 Å². The van der Waals surface area contributed by atoms with Crippen molar-refractivity contribution < 1.29 is 24.2 Å². The lowest BCUT2D eigenvalue weighted by atomic mass is 9.94. The molecule has 2 aromatic carbocycles. The Hall–Kier alpha value is -2.84. The molecule has 0 radical (unpaired) electrons. The molecule has 1 unspecified atom stereocenters. The van der Waals surface area contributed by atoms with E-state index in [0.717, 1.165) is 4.47 Å². The molecule has 1 saturated heterocycles. The monoisotopic (exact) mass is 488 g/mol. The topological polar surface area (TPSA) is 79.3 Å². The zero-order valence-electron chi connectivity index (χ0n) is 17.9. The summed E-state index contributed by atoms with van der Waals surface area (Å²) in [5.41, 5.74) is 1.04. The number of ether oxygens (including phenoxy) is 2. The van der Waals surface area contributed by atoms with Crippen LogP contribution in [-0.2, 0) is 9.59 Å². The maximum Gasteiger partial charge on any atom is 0.295 e. The number of carbonyl (C=O) groups excluding carboxylic acids is 2. The molecule has 1 fully saturated rings. The van der Waals surface area contributed by atoms with Gasteiger partial charge in [0, 0.05) is 28.7 Å². The van der Waals surface area contributed by atoms with Crippen molar-refractivity contribution in [3.63, 3.8) is 0 Å². The predicted octanol–water partition coefficient (Wildman–Crippen LogP) is 3.45. The van der Waals surface area contributed by atoms with Gasteiger partial charge in [0.05, 0.1) is 25.8 Å². The summed E-state index contributed by atoms with van der Waals surface area (Å²) in [5, 5.41) is 11.1. The van der Waals surface area contributed by atoms with Crippen LogP contribution in [-0.4, -0.2) is 68.0 Å². The SMILES string of the molecule is COc1cccc(C2/C(=C(/O)c3ccc(Br)cc3)C(=O)C(=O)N2CCN(C)C)c1OC. The van der Waals surface area contributed by atoms with Crippen molar-refractivity contribution in [3.8, 4) is 11.5 Å². The summed E-state index contributed by atoms with van der Waals surface area (Å²) in [5.74, 6) is -0.729. The van der Waals surface area contributed by atoms with Crippen LogP contribution in [0.4, 0.5) is 0 Å². The Labute approximate surface area is 190 Å². The van der Waals surface area contributed by atoms with E-state index >= 15 is 0 Å². The molecule has 3 rings (SSSR count).